The van der Waals surface area contributed by atoms with Gasteiger partial charge in [0, 0.05) is 22.9 Å². The summed E-state index contributed by atoms with van der Waals surface area (Å²) in [6.07, 6.45) is 2.55. The van der Waals surface area contributed by atoms with Crippen LogP contribution in [0.2, 0.25) is 0 Å². The second-order valence-electron chi connectivity index (χ2n) is 5.71. The van der Waals surface area contributed by atoms with E-state index < -0.39 is 0 Å². The average Bonchev–Trinajstić information content (AvgIpc) is 3.00. The summed E-state index contributed by atoms with van der Waals surface area (Å²) in [7, 11) is 0. The molecule has 0 atom stereocenters. The van der Waals surface area contributed by atoms with Crippen LogP contribution in [0.1, 0.15) is 40.3 Å². The van der Waals surface area contributed by atoms with Gasteiger partial charge in [0.1, 0.15) is 5.76 Å². The lowest BCUT2D eigenvalue weighted by Gasteiger charge is -2.09. The Kier molecular flexibility index (Phi) is 2.55. The quantitative estimate of drug-likeness (QED) is 0.734. The van der Waals surface area contributed by atoms with Crippen molar-refractivity contribution in [3.05, 3.63) is 40.9 Å². The molecule has 21 heavy (non-hydrogen) atoms. The third-order valence-corrected chi connectivity index (χ3v) is 4.34. The molecule has 106 valence electrons. The molecule has 0 radical (unpaired) electrons. The van der Waals surface area contributed by atoms with E-state index in [4.69, 9.17) is 4.52 Å². The molecule has 3 aromatic rings. The summed E-state index contributed by atoms with van der Waals surface area (Å²) in [6.45, 7) is 3.88. The van der Waals surface area contributed by atoms with Crippen LogP contribution < -0.4 is 0 Å². The maximum Gasteiger partial charge on any atom is 0.179 e. The van der Waals surface area contributed by atoms with Crippen LogP contribution in [0.4, 0.5) is 0 Å². The molecule has 0 bridgehead atoms. The summed E-state index contributed by atoms with van der Waals surface area (Å²) in [4.78, 5) is 15.3. The van der Waals surface area contributed by atoms with Crippen molar-refractivity contribution in [1.82, 2.24) is 10.1 Å². The fourth-order valence-electron chi connectivity index (χ4n) is 3.35. The summed E-state index contributed by atoms with van der Waals surface area (Å²) in [6, 6.07) is 6.25. The Bertz CT molecular complexity index is 851. The first kappa shape index (κ1) is 12.4. The van der Waals surface area contributed by atoms with Gasteiger partial charge in [-0.3, -0.25) is 4.79 Å². The number of ketones is 1. The van der Waals surface area contributed by atoms with Gasteiger partial charge in [-0.2, -0.15) is 0 Å². The second-order valence-corrected chi connectivity index (χ2v) is 5.71. The van der Waals surface area contributed by atoms with Crippen molar-refractivity contribution < 1.29 is 9.32 Å². The zero-order chi connectivity index (χ0) is 14.6. The van der Waals surface area contributed by atoms with Crippen LogP contribution in [-0.4, -0.2) is 15.9 Å². The maximum atomic E-state index is 12.0. The number of hydrogen-bond donors (Lipinski definition) is 1. The smallest absolute Gasteiger partial charge is 0.179 e. The van der Waals surface area contributed by atoms with Crippen LogP contribution >= 0.6 is 0 Å². The number of fused-ring (bicyclic) bond motifs is 3. The van der Waals surface area contributed by atoms with Gasteiger partial charge in [0.15, 0.2) is 5.78 Å². The summed E-state index contributed by atoms with van der Waals surface area (Å²) >= 11 is 0. The van der Waals surface area contributed by atoms with E-state index in [1.165, 1.54) is 0 Å². The Balaban J connectivity index is 1.96. The highest BCUT2D eigenvalue weighted by molar-refractivity contribution is 6.04. The van der Waals surface area contributed by atoms with Gasteiger partial charge in [0.05, 0.1) is 11.4 Å². The molecule has 0 aliphatic heterocycles. The predicted molar refractivity (Wildman–Crippen MR) is 80.5 cm³/mol. The number of H-pyrrole nitrogens is 1. The lowest BCUT2D eigenvalue weighted by atomic mass is 9.93. The molecular formula is C17H16N2O2. The third-order valence-electron chi connectivity index (χ3n) is 4.34. The van der Waals surface area contributed by atoms with E-state index in [1.54, 1.807) is 0 Å². The second kappa shape index (κ2) is 4.32. The first-order valence-electron chi connectivity index (χ1n) is 7.26. The number of aryl methyl sites for hydroxylation is 3. The van der Waals surface area contributed by atoms with Crippen LogP contribution in [0.5, 0.6) is 0 Å². The number of aromatic amines is 1. The number of Topliss-reactive ketones (excluding diaryl/α,β-unsaturated/α-hetero) is 1. The first-order valence-corrected chi connectivity index (χ1v) is 7.26. The minimum absolute atomic E-state index is 0.228. The zero-order valence-corrected chi connectivity index (χ0v) is 12.1. The fourth-order valence-corrected chi connectivity index (χ4v) is 3.35. The van der Waals surface area contributed by atoms with Crippen LogP contribution in [0.3, 0.4) is 0 Å². The Morgan fingerprint density at radius 1 is 1.24 bits per heavy atom. The van der Waals surface area contributed by atoms with Gasteiger partial charge < -0.3 is 9.51 Å². The molecule has 0 saturated heterocycles. The first-order chi connectivity index (χ1) is 10.1. The minimum atomic E-state index is 0.228. The van der Waals surface area contributed by atoms with E-state index in [-0.39, 0.29) is 5.78 Å². The van der Waals surface area contributed by atoms with E-state index in [0.29, 0.717) is 6.42 Å². The normalized spacial score (nSPS) is 14.7. The number of carbonyl (C=O) groups excluding carboxylic acids is 1. The highest BCUT2D eigenvalue weighted by atomic mass is 16.5. The average molecular weight is 280 g/mol. The van der Waals surface area contributed by atoms with Crippen LogP contribution in [-0.2, 0) is 6.42 Å². The van der Waals surface area contributed by atoms with Gasteiger partial charge in [0.25, 0.3) is 0 Å². The van der Waals surface area contributed by atoms with Crippen LogP contribution in [0.25, 0.3) is 22.0 Å². The fraction of sp³-hybridized carbons (Fsp3) is 0.294. The van der Waals surface area contributed by atoms with Crippen molar-refractivity contribution in [2.24, 2.45) is 0 Å². The van der Waals surface area contributed by atoms with E-state index >= 15 is 0 Å². The predicted octanol–water partition coefficient (Wildman–Crippen LogP) is 3.96. The molecule has 1 aliphatic rings. The maximum absolute atomic E-state index is 12.0. The Morgan fingerprint density at radius 2 is 2.10 bits per heavy atom. The van der Waals surface area contributed by atoms with E-state index in [2.05, 4.69) is 22.3 Å². The van der Waals surface area contributed by atoms with E-state index in [9.17, 15) is 4.79 Å². The van der Waals surface area contributed by atoms with Gasteiger partial charge in [0.2, 0.25) is 0 Å². The van der Waals surface area contributed by atoms with E-state index in [1.807, 2.05) is 19.9 Å². The van der Waals surface area contributed by atoms with Gasteiger partial charge in [-0.1, -0.05) is 11.2 Å². The Labute approximate surface area is 122 Å². The number of rotatable bonds is 1. The van der Waals surface area contributed by atoms with Crippen molar-refractivity contribution in [2.45, 2.75) is 33.1 Å². The monoisotopic (exact) mass is 280 g/mol. The van der Waals surface area contributed by atoms with Crippen molar-refractivity contribution in [2.75, 3.05) is 0 Å². The largest absolute Gasteiger partial charge is 0.361 e. The highest BCUT2D eigenvalue weighted by Crippen LogP contribution is 2.34. The molecule has 4 nitrogen and oxygen atoms in total. The summed E-state index contributed by atoms with van der Waals surface area (Å²) in [5, 5.41) is 5.17. The number of nitrogens with zero attached hydrogens (tertiary/aromatic N) is 1. The molecule has 1 N–H and O–H groups in total. The molecule has 1 aliphatic carbocycles. The van der Waals surface area contributed by atoms with Gasteiger partial charge >= 0.3 is 0 Å². The lowest BCUT2D eigenvalue weighted by Crippen LogP contribution is -2.09. The summed E-state index contributed by atoms with van der Waals surface area (Å²) in [5.41, 5.74) is 6.03. The van der Waals surface area contributed by atoms with Gasteiger partial charge in [-0.05, 0) is 49.9 Å². The van der Waals surface area contributed by atoms with Crippen LogP contribution in [0, 0.1) is 13.8 Å². The molecule has 2 aromatic heterocycles. The van der Waals surface area contributed by atoms with Gasteiger partial charge in [-0.25, -0.2) is 0 Å². The topological polar surface area (TPSA) is 58.9 Å². The van der Waals surface area contributed by atoms with E-state index in [0.717, 1.165) is 57.6 Å². The summed E-state index contributed by atoms with van der Waals surface area (Å²) in [5.74, 6) is 1.05. The molecule has 1 aromatic carbocycles. The highest BCUT2D eigenvalue weighted by Gasteiger charge is 2.22. The molecule has 0 unspecified atom stereocenters. The number of carbonyl (C=O) groups is 1. The number of nitrogens with one attached hydrogen (secondary N) is 1. The summed E-state index contributed by atoms with van der Waals surface area (Å²) < 4.78 is 5.26. The number of hydrogen-bond acceptors (Lipinski definition) is 3. The van der Waals surface area contributed by atoms with Gasteiger partial charge in [-0.15, -0.1) is 0 Å². The van der Waals surface area contributed by atoms with Crippen molar-refractivity contribution in [3.63, 3.8) is 0 Å². The van der Waals surface area contributed by atoms with Crippen molar-refractivity contribution >= 4 is 16.7 Å². The molecule has 2 heterocycles. The molecule has 4 rings (SSSR count). The molecule has 0 saturated carbocycles. The molecule has 4 heteroatoms. The van der Waals surface area contributed by atoms with Crippen LogP contribution in [0.15, 0.2) is 22.7 Å². The Hall–Kier alpha value is -2.36. The Morgan fingerprint density at radius 3 is 2.86 bits per heavy atom. The molecule has 0 amide bonds. The molecule has 0 spiro atoms. The third kappa shape index (κ3) is 1.75. The lowest BCUT2D eigenvalue weighted by molar-refractivity contribution is 0.0968. The number of aromatic nitrogens is 2. The minimum Gasteiger partial charge on any atom is -0.361 e. The number of benzene rings is 1. The molecular weight excluding hydrogens is 264 g/mol. The standard InChI is InChI=1S/C17H16N2O2/c1-9-16(10(2)21-19-9)11-6-7-14-13(8-11)12-4-3-5-15(20)17(12)18-14/h6-8,18H,3-5H2,1-2H3. The van der Waals surface area contributed by atoms with Crippen molar-refractivity contribution in [1.29, 1.82) is 0 Å². The molecule has 0 fully saturated rings. The zero-order valence-electron chi connectivity index (χ0n) is 12.1. The van der Waals surface area contributed by atoms with Crippen molar-refractivity contribution in [3.8, 4) is 11.1 Å². The SMILES string of the molecule is Cc1noc(C)c1-c1ccc2[nH]c3c(c2c1)CCCC3=O.